The summed E-state index contributed by atoms with van der Waals surface area (Å²) in [4.78, 5) is 10.9. The van der Waals surface area contributed by atoms with E-state index < -0.39 is 6.10 Å². The van der Waals surface area contributed by atoms with Gasteiger partial charge in [0, 0.05) is 40.5 Å². The van der Waals surface area contributed by atoms with Crippen LogP contribution < -0.4 is 5.32 Å². The molecule has 4 rings (SSSR count). The third-order valence-corrected chi connectivity index (χ3v) is 5.24. The molecule has 0 saturated carbocycles. The number of nitrogens with one attached hydrogen (secondary N) is 1. The van der Waals surface area contributed by atoms with Gasteiger partial charge >= 0.3 is 0 Å². The molecule has 2 atom stereocenters. The normalized spacial score (nSPS) is 21.0. The second kappa shape index (κ2) is 6.55. The molecule has 6 heteroatoms. The van der Waals surface area contributed by atoms with Gasteiger partial charge in [0.1, 0.15) is 0 Å². The minimum atomic E-state index is -0.509. The summed E-state index contributed by atoms with van der Waals surface area (Å²) < 4.78 is 2.15. The van der Waals surface area contributed by atoms with E-state index in [2.05, 4.69) is 16.5 Å². The number of aliphatic hydroxyl groups excluding tert-OH is 1. The van der Waals surface area contributed by atoms with Crippen molar-refractivity contribution in [3.8, 4) is 0 Å². The van der Waals surface area contributed by atoms with Crippen molar-refractivity contribution in [3.05, 3.63) is 58.7 Å². The van der Waals surface area contributed by atoms with E-state index in [4.69, 9.17) is 0 Å². The molecule has 1 saturated heterocycles. The molecule has 6 nitrogen and oxygen atoms in total. The quantitative estimate of drug-likeness (QED) is 0.558. The summed E-state index contributed by atoms with van der Waals surface area (Å²) in [5.74, 6) is 0. The number of aliphatic hydroxyl groups is 1. The fraction of sp³-hybridized carbons (Fsp3) is 0.300. The van der Waals surface area contributed by atoms with Crippen LogP contribution in [-0.2, 0) is 0 Å². The van der Waals surface area contributed by atoms with Crippen LogP contribution in [0.2, 0.25) is 0 Å². The van der Waals surface area contributed by atoms with Gasteiger partial charge < -0.3 is 15.0 Å². The Labute approximate surface area is 150 Å². The van der Waals surface area contributed by atoms with E-state index in [9.17, 15) is 15.2 Å². The number of hydrogen-bond acceptors (Lipinski definition) is 4. The number of fused-ring (bicyclic) bond motifs is 3. The Morgan fingerprint density at radius 1 is 1.23 bits per heavy atom. The first-order valence-electron chi connectivity index (χ1n) is 8.83. The third-order valence-electron chi connectivity index (χ3n) is 5.24. The van der Waals surface area contributed by atoms with E-state index >= 15 is 0 Å². The van der Waals surface area contributed by atoms with Crippen molar-refractivity contribution in [2.45, 2.75) is 25.0 Å². The zero-order chi connectivity index (χ0) is 18.3. The summed E-state index contributed by atoms with van der Waals surface area (Å²) >= 11 is 0. The third kappa shape index (κ3) is 2.67. The van der Waals surface area contributed by atoms with Crippen LogP contribution in [0.5, 0.6) is 0 Å². The van der Waals surface area contributed by atoms with Gasteiger partial charge in [-0.3, -0.25) is 10.1 Å². The van der Waals surface area contributed by atoms with Crippen LogP contribution in [0.25, 0.3) is 27.9 Å². The van der Waals surface area contributed by atoms with E-state index in [1.807, 2.05) is 18.2 Å². The maximum Gasteiger partial charge on any atom is 0.270 e. The molecule has 0 spiro atoms. The average molecular weight is 351 g/mol. The molecule has 2 heterocycles. The number of benzene rings is 2. The van der Waals surface area contributed by atoms with Crippen LogP contribution in [0.1, 0.15) is 24.4 Å². The molecule has 1 fully saturated rings. The Bertz CT molecular complexity index is 1010. The molecular weight excluding hydrogens is 330 g/mol. The van der Waals surface area contributed by atoms with E-state index in [-0.39, 0.29) is 16.7 Å². The second-order valence-corrected chi connectivity index (χ2v) is 6.79. The molecule has 3 aromatic rings. The fourth-order valence-corrected chi connectivity index (χ4v) is 3.97. The number of nitrogens with zero attached hydrogens (tertiary/aromatic N) is 2. The Kier molecular flexibility index (Phi) is 4.22. The van der Waals surface area contributed by atoms with Crippen molar-refractivity contribution in [1.29, 1.82) is 0 Å². The van der Waals surface area contributed by atoms with Crippen molar-refractivity contribution < 1.29 is 10.0 Å². The number of non-ortho nitro benzene ring substituents is 1. The lowest BCUT2D eigenvalue weighted by Crippen LogP contribution is -2.31. The van der Waals surface area contributed by atoms with Gasteiger partial charge in [-0.25, -0.2) is 0 Å². The average Bonchev–Trinajstić information content (AvgIpc) is 2.81. The van der Waals surface area contributed by atoms with E-state index in [0.29, 0.717) is 6.54 Å². The van der Waals surface area contributed by atoms with Crippen LogP contribution in [0.4, 0.5) is 5.69 Å². The molecule has 0 unspecified atom stereocenters. The molecule has 1 aliphatic heterocycles. The number of aromatic nitrogens is 1. The molecule has 0 bridgehead atoms. The monoisotopic (exact) mass is 351 g/mol. The van der Waals surface area contributed by atoms with Gasteiger partial charge in [-0.05, 0) is 43.1 Å². The summed E-state index contributed by atoms with van der Waals surface area (Å²) in [6.07, 6.45) is 3.09. The molecular formula is C20H21N3O3. The summed E-state index contributed by atoms with van der Waals surface area (Å²) in [5, 5.41) is 27.0. The van der Waals surface area contributed by atoms with Crippen molar-refractivity contribution >= 4 is 33.6 Å². The maximum absolute atomic E-state index is 11.2. The molecule has 0 radical (unpaired) electrons. The van der Waals surface area contributed by atoms with Gasteiger partial charge in [0.2, 0.25) is 0 Å². The topological polar surface area (TPSA) is 80.3 Å². The molecule has 2 aromatic carbocycles. The highest BCUT2D eigenvalue weighted by molar-refractivity contribution is 6.09. The van der Waals surface area contributed by atoms with Crippen LogP contribution in [0.3, 0.4) is 0 Å². The molecule has 134 valence electrons. The van der Waals surface area contributed by atoms with E-state index in [1.54, 1.807) is 18.2 Å². The minimum absolute atomic E-state index is 0.0685. The highest BCUT2D eigenvalue weighted by Gasteiger charge is 2.27. The Morgan fingerprint density at radius 2 is 1.96 bits per heavy atom. The van der Waals surface area contributed by atoms with Crippen molar-refractivity contribution in [2.24, 2.45) is 0 Å². The summed E-state index contributed by atoms with van der Waals surface area (Å²) in [5.41, 5.74) is 2.93. The lowest BCUT2D eigenvalue weighted by atomic mass is 10.1. The van der Waals surface area contributed by atoms with Gasteiger partial charge in [0.05, 0.1) is 17.1 Å². The van der Waals surface area contributed by atoms with Gasteiger partial charge in [-0.1, -0.05) is 18.7 Å². The summed E-state index contributed by atoms with van der Waals surface area (Å²) in [6, 6.07) is 10.9. The smallest absolute Gasteiger partial charge is 0.270 e. The molecule has 1 aromatic heterocycles. The Balaban J connectivity index is 2.03. The predicted molar refractivity (Wildman–Crippen MR) is 103 cm³/mol. The number of nitro groups is 1. The SMILES string of the molecule is C=Cc1ccc2c(c1)c1cc([N+](=O)[O-])ccc1n2[C@@H]1CCCNC[C@H]1O. The highest BCUT2D eigenvalue weighted by atomic mass is 16.6. The first-order valence-corrected chi connectivity index (χ1v) is 8.83. The maximum atomic E-state index is 11.2. The van der Waals surface area contributed by atoms with Crippen molar-refractivity contribution in [3.63, 3.8) is 0 Å². The van der Waals surface area contributed by atoms with Crippen LogP contribution in [0, 0.1) is 10.1 Å². The molecule has 1 aliphatic rings. The zero-order valence-electron chi connectivity index (χ0n) is 14.4. The Morgan fingerprint density at radius 3 is 2.69 bits per heavy atom. The van der Waals surface area contributed by atoms with Crippen LogP contribution in [-0.4, -0.2) is 33.8 Å². The predicted octanol–water partition coefficient (Wildman–Crippen LogP) is 3.63. The first kappa shape index (κ1) is 16.8. The number of rotatable bonds is 3. The Hall–Kier alpha value is -2.70. The van der Waals surface area contributed by atoms with Crippen LogP contribution in [0.15, 0.2) is 43.0 Å². The van der Waals surface area contributed by atoms with Gasteiger partial charge in [0.25, 0.3) is 5.69 Å². The van der Waals surface area contributed by atoms with Gasteiger partial charge in [0.15, 0.2) is 0 Å². The molecule has 0 aliphatic carbocycles. The fourth-order valence-electron chi connectivity index (χ4n) is 3.97. The highest BCUT2D eigenvalue weighted by Crippen LogP contribution is 2.37. The lowest BCUT2D eigenvalue weighted by Gasteiger charge is -2.24. The molecule has 0 amide bonds. The second-order valence-electron chi connectivity index (χ2n) is 6.79. The minimum Gasteiger partial charge on any atom is -0.390 e. The van der Waals surface area contributed by atoms with E-state index in [1.165, 1.54) is 6.07 Å². The van der Waals surface area contributed by atoms with E-state index in [0.717, 1.165) is 46.8 Å². The zero-order valence-corrected chi connectivity index (χ0v) is 14.4. The summed E-state index contributed by atoms with van der Waals surface area (Å²) in [6.45, 7) is 5.25. The molecule has 26 heavy (non-hydrogen) atoms. The molecule has 2 N–H and O–H groups in total. The number of hydrogen-bond donors (Lipinski definition) is 2. The van der Waals surface area contributed by atoms with Gasteiger partial charge in [-0.15, -0.1) is 0 Å². The van der Waals surface area contributed by atoms with Crippen LogP contribution >= 0.6 is 0 Å². The van der Waals surface area contributed by atoms with Crippen molar-refractivity contribution in [2.75, 3.05) is 13.1 Å². The number of β-amino-alcohol motifs (C(OH)–C–C–N with tert-alkyl or cyclic N) is 1. The first-order chi connectivity index (χ1) is 12.6. The lowest BCUT2D eigenvalue weighted by molar-refractivity contribution is -0.384. The van der Waals surface area contributed by atoms with Gasteiger partial charge in [-0.2, -0.15) is 0 Å². The largest absolute Gasteiger partial charge is 0.390 e. The standard InChI is InChI=1S/C20H21N3O3/c1-2-13-5-7-17-15(10-13)16-11-14(23(25)26)6-8-18(16)22(17)19-4-3-9-21-12-20(19)24/h2,5-8,10-11,19-21,24H,1,3-4,9,12H2/t19-,20-/m1/s1. The number of nitro benzene ring substituents is 1. The summed E-state index contributed by atoms with van der Waals surface area (Å²) in [7, 11) is 0. The van der Waals surface area contributed by atoms with Crippen molar-refractivity contribution in [1.82, 2.24) is 9.88 Å².